The molecule has 0 bridgehead atoms. The molecule has 0 aliphatic heterocycles. The molecule has 1 aromatic heterocycles. The lowest BCUT2D eigenvalue weighted by molar-refractivity contribution is -0.122. The Hall–Kier alpha value is -1.98. The standard InChI is InChI=1S/C17H19NO3S/c1-17(21,14-9-10-22-11-14)12-18-16(20)8-7-15(19)13-5-3-2-4-6-13/h2-6,9-11,21H,7-8,12H2,1H3,(H,18,20). The lowest BCUT2D eigenvalue weighted by Gasteiger charge is -2.22. The zero-order chi connectivity index (χ0) is 16.0. The second-order valence-corrected chi connectivity index (χ2v) is 6.13. The molecule has 1 unspecified atom stereocenters. The van der Waals surface area contributed by atoms with Crippen LogP contribution in [0.1, 0.15) is 35.7 Å². The van der Waals surface area contributed by atoms with Gasteiger partial charge in [0.05, 0.1) is 6.54 Å². The number of thiophene rings is 1. The van der Waals surface area contributed by atoms with E-state index in [1.165, 1.54) is 11.3 Å². The molecule has 0 spiro atoms. The van der Waals surface area contributed by atoms with Gasteiger partial charge in [-0.25, -0.2) is 0 Å². The molecule has 2 N–H and O–H groups in total. The Balaban J connectivity index is 1.78. The summed E-state index contributed by atoms with van der Waals surface area (Å²) in [7, 11) is 0. The van der Waals surface area contributed by atoms with E-state index in [0.717, 1.165) is 5.56 Å². The Bertz CT molecular complexity index is 621. The molecule has 0 aliphatic carbocycles. The largest absolute Gasteiger partial charge is 0.384 e. The van der Waals surface area contributed by atoms with E-state index < -0.39 is 5.60 Å². The number of Topliss-reactive ketones (excluding diaryl/α,β-unsaturated/α-hetero) is 1. The highest BCUT2D eigenvalue weighted by molar-refractivity contribution is 7.08. The molecule has 5 heteroatoms. The number of rotatable bonds is 7. The Kier molecular flexibility index (Phi) is 5.46. The third-order valence-corrected chi connectivity index (χ3v) is 4.13. The zero-order valence-corrected chi connectivity index (χ0v) is 13.2. The molecule has 1 heterocycles. The first-order chi connectivity index (χ1) is 10.5. The van der Waals surface area contributed by atoms with Crippen LogP contribution < -0.4 is 5.32 Å². The van der Waals surface area contributed by atoms with Crippen LogP contribution in [0.5, 0.6) is 0 Å². The van der Waals surface area contributed by atoms with E-state index in [2.05, 4.69) is 5.32 Å². The predicted molar refractivity (Wildman–Crippen MR) is 86.9 cm³/mol. The molecule has 1 aromatic carbocycles. The SMILES string of the molecule is CC(O)(CNC(=O)CCC(=O)c1ccccc1)c1ccsc1. The van der Waals surface area contributed by atoms with Gasteiger partial charge >= 0.3 is 0 Å². The summed E-state index contributed by atoms with van der Waals surface area (Å²) in [6, 6.07) is 10.7. The third-order valence-electron chi connectivity index (χ3n) is 3.45. The van der Waals surface area contributed by atoms with Crippen molar-refractivity contribution < 1.29 is 14.7 Å². The molecule has 22 heavy (non-hydrogen) atoms. The fourth-order valence-electron chi connectivity index (χ4n) is 2.03. The molecule has 0 fully saturated rings. The maximum absolute atomic E-state index is 11.9. The first kappa shape index (κ1) is 16.4. The summed E-state index contributed by atoms with van der Waals surface area (Å²) >= 11 is 1.50. The molecule has 1 amide bonds. The predicted octanol–water partition coefficient (Wildman–Crippen LogP) is 2.73. The first-order valence-electron chi connectivity index (χ1n) is 7.09. The fourth-order valence-corrected chi connectivity index (χ4v) is 2.81. The van der Waals surface area contributed by atoms with Crippen molar-refractivity contribution in [1.82, 2.24) is 5.32 Å². The molecule has 1 atom stereocenters. The molecule has 2 rings (SSSR count). The van der Waals surface area contributed by atoms with Crippen molar-refractivity contribution in [2.24, 2.45) is 0 Å². The van der Waals surface area contributed by atoms with Gasteiger partial charge in [-0.2, -0.15) is 11.3 Å². The lowest BCUT2D eigenvalue weighted by atomic mass is 9.99. The second-order valence-electron chi connectivity index (χ2n) is 5.35. The van der Waals surface area contributed by atoms with Crippen LogP contribution in [0, 0.1) is 0 Å². The fraction of sp³-hybridized carbons (Fsp3) is 0.294. The van der Waals surface area contributed by atoms with E-state index in [0.29, 0.717) is 5.56 Å². The van der Waals surface area contributed by atoms with Gasteiger partial charge in [0, 0.05) is 18.4 Å². The highest BCUT2D eigenvalue weighted by atomic mass is 32.1. The summed E-state index contributed by atoms with van der Waals surface area (Å²) in [5, 5.41) is 16.7. The minimum absolute atomic E-state index is 0.0552. The van der Waals surface area contributed by atoms with E-state index in [1.807, 2.05) is 22.9 Å². The average molecular weight is 317 g/mol. The monoisotopic (exact) mass is 317 g/mol. The van der Waals surface area contributed by atoms with Crippen molar-refractivity contribution in [3.8, 4) is 0 Å². The van der Waals surface area contributed by atoms with Crippen LogP contribution >= 0.6 is 11.3 Å². The van der Waals surface area contributed by atoms with E-state index in [1.54, 1.807) is 31.2 Å². The smallest absolute Gasteiger partial charge is 0.220 e. The number of aliphatic hydroxyl groups is 1. The summed E-state index contributed by atoms with van der Waals surface area (Å²) in [4.78, 5) is 23.7. The number of carbonyl (C=O) groups is 2. The van der Waals surface area contributed by atoms with Gasteiger partial charge in [0.2, 0.25) is 5.91 Å². The van der Waals surface area contributed by atoms with Crippen molar-refractivity contribution in [2.75, 3.05) is 6.54 Å². The number of benzene rings is 1. The van der Waals surface area contributed by atoms with Gasteiger partial charge in [-0.3, -0.25) is 9.59 Å². The van der Waals surface area contributed by atoms with Crippen molar-refractivity contribution in [1.29, 1.82) is 0 Å². The highest BCUT2D eigenvalue weighted by Crippen LogP contribution is 2.22. The number of hydrogen-bond donors (Lipinski definition) is 2. The second kappa shape index (κ2) is 7.33. The van der Waals surface area contributed by atoms with E-state index in [-0.39, 0.29) is 31.1 Å². The van der Waals surface area contributed by atoms with Crippen LogP contribution in [0.25, 0.3) is 0 Å². The van der Waals surface area contributed by atoms with Crippen LogP contribution in [0.4, 0.5) is 0 Å². The van der Waals surface area contributed by atoms with Crippen LogP contribution in [0.15, 0.2) is 47.2 Å². The minimum Gasteiger partial charge on any atom is -0.384 e. The van der Waals surface area contributed by atoms with Crippen molar-refractivity contribution >= 4 is 23.0 Å². The van der Waals surface area contributed by atoms with Crippen LogP contribution in [-0.4, -0.2) is 23.3 Å². The van der Waals surface area contributed by atoms with Crippen LogP contribution in [-0.2, 0) is 10.4 Å². The number of carbonyl (C=O) groups excluding carboxylic acids is 2. The average Bonchev–Trinajstić information content (AvgIpc) is 3.07. The molecule has 0 saturated heterocycles. The third kappa shape index (κ3) is 4.51. The number of hydrogen-bond acceptors (Lipinski definition) is 4. The molecular formula is C17H19NO3S. The van der Waals surface area contributed by atoms with E-state index >= 15 is 0 Å². The summed E-state index contributed by atoms with van der Waals surface area (Å²) < 4.78 is 0. The van der Waals surface area contributed by atoms with Crippen LogP contribution in [0.2, 0.25) is 0 Å². The Morgan fingerprint density at radius 1 is 1.18 bits per heavy atom. The van der Waals surface area contributed by atoms with Gasteiger partial charge in [0.15, 0.2) is 5.78 Å². The molecule has 2 aromatic rings. The van der Waals surface area contributed by atoms with Gasteiger partial charge in [-0.1, -0.05) is 30.3 Å². The number of nitrogens with one attached hydrogen (secondary N) is 1. The summed E-state index contributed by atoms with van der Waals surface area (Å²) in [5.41, 5.74) is 0.290. The van der Waals surface area contributed by atoms with E-state index in [4.69, 9.17) is 0 Å². The lowest BCUT2D eigenvalue weighted by Crippen LogP contribution is -2.38. The van der Waals surface area contributed by atoms with Crippen molar-refractivity contribution in [2.45, 2.75) is 25.4 Å². The maximum Gasteiger partial charge on any atom is 0.220 e. The molecule has 0 saturated carbocycles. The Labute approximate surface area is 133 Å². The molecule has 116 valence electrons. The molecule has 4 nitrogen and oxygen atoms in total. The maximum atomic E-state index is 11.9. The van der Waals surface area contributed by atoms with Crippen LogP contribution in [0.3, 0.4) is 0 Å². The quantitative estimate of drug-likeness (QED) is 0.772. The normalized spacial score (nSPS) is 13.4. The summed E-state index contributed by atoms with van der Waals surface area (Å²) in [6.45, 7) is 1.78. The van der Waals surface area contributed by atoms with Crippen molar-refractivity contribution in [3.63, 3.8) is 0 Å². The molecule has 0 aliphatic rings. The van der Waals surface area contributed by atoms with Crippen molar-refractivity contribution in [3.05, 3.63) is 58.3 Å². The zero-order valence-electron chi connectivity index (χ0n) is 12.4. The minimum atomic E-state index is -1.10. The van der Waals surface area contributed by atoms with Gasteiger partial charge in [-0.15, -0.1) is 0 Å². The topological polar surface area (TPSA) is 66.4 Å². The highest BCUT2D eigenvalue weighted by Gasteiger charge is 2.24. The molecular weight excluding hydrogens is 298 g/mol. The first-order valence-corrected chi connectivity index (χ1v) is 8.03. The molecule has 0 radical (unpaired) electrons. The number of ketones is 1. The summed E-state index contributed by atoms with van der Waals surface area (Å²) in [5.74, 6) is -0.292. The summed E-state index contributed by atoms with van der Waals surface area (Å²) in [6.07, 6.45) is 0.282. The number of amides is 1. The van der Waals surface area contributed by atoms with Gasteiger partial charge in [0.25, 0.3) is 0 Å². The van der Waals surface area contributed by atoms with Gasteiger partial charge in [0.1, 0.15) is 5.60 Å². The van der Waals surface area contributed by atoms with E-state index in [9.17, 15) is 14.7 Å². The van der Waals surface area contributed by atoms with Gasteiger partial charge in [-0.05, 0) is 29.3 Å². The Morgan fingerprint density at radius 3 is 2.55 bits per heavy atom. The van der Waals surface area contributed by atoms with Gasteiger partial charge < -0.3 is 10.4 Å². The Morgan fingerprint density at radius 2 is 1.91 bits per heavy atom.